The van der Waals surface area contributed by atoms with E-state index in [1.165, 1.54) is 6.07 Å². The summed E-state index contributed by atoms with van der Waals surface area (Å²) in [4.78, 5) is 5.24. The molecule has 0 spiro atoms. The third-order valence-electron chi connectivity index (χ3n) is 4.06. The minimum Gasteiger partial charge on any atom is -0.297 e. The van der Waals surface area contributed by atoms with Gasteiger partial charge in [-0.3, -0.25) is 4.84 Å². The van der Waals surface area contributed by atoms with E-state index in [9.17, 15) is 13.2 Å². The van der Waals surface area contributed by atoms with Gasteiger partial charge in [-0.05, 0) is 13.0 Å². The maximum Gasteiger partial charge on any atom is 0.251 e. The Morgan fingerprint density at radius 3 is 2.72 bits per heavy atom. The molecule has 5 heteroatoms. The molecule has 1 aliphatic carbocycles. The third-order valence-corrected chi connectivity index (χ3v) is 4.06. The molecule has 0 radical (unpaired) electrons. The van der Waals surface area contributed by atoms with Gasteiger partial charge in [-0.25, -0.2) is 13.2 Å². The minimum absolute atomic E-state index is 0.268. The average molecular weight is 257 g/mol. The molecule has 2 fully saturated rings. The molecule has 1 heterocycles. The Hall–Kier alpha value is -1.07. The van der Waals surface area contributed by atoms with E-state index in [1.807, 2.05) is 0 Å². The van der Waals surface area contributed by atoms with E-state index in [0.29, 0.717) is 5.56 Å². The van der Waals surface area contributed by atoms with Crippen molar-refractivity contribution in [3.05, 3.63) is 35.6 Å². The molecule has 0 bridgehead atoms. The van der Waals surface area contributed by atoms with Crippen LogP contribution in [0.2, 0.25) is 0 Å². The lowest BCUT2D eigenvalue weighted by atomic mass is 9.79. The Morgan fingerprint density at radius 1 is 1.28 bits per heavy atom. The fourth-order valence-corrected chi connectivity index (χ4v) is 3.08. The van der Waals surface area contributed by atoms with Crippen molar-refractivity contribution in [2.24, 2.45) is 5.92 Å². The fraction of sp³-hybridized carbons (Fsp3) is 0.538. The molecule has 3 rings (SSSR count). The monoisotopic (exact) mass is 257 g/mol. The topological polar surface area (TPSA) is 21.3 Å². The van der Waals surface area contributed by atoms with Crippen LogP contribution in [-0.2, 0) is 10.4 Å². The van der Waals surface area contributed by atoms with Crippen molar-refractivity contribution in [2.75, 3.05) is 0 Å². The first-order chi connectivity index (χ1) is 8.42. The number of benzene rings is 1. The predicted molar refractivity (Wildman–Crippen MR) is 59.4 cm³/mol. The van der Waals surface area contributed by atoms with Gasteiger partial charge in [0.05, 0.1) is 11.6 Å². The molecule has 1 N–H and O–H groups in total. The molecule has 1 saturated heterocycles. The molecule has 0 amide bonds. The lowest BCUT2D eigenvalue weighted by Gasteiger charge is -2.30. The summed E-state index contributed by atoms with van der Waals surface area (Å²) in [5.41, 5.74) is 2.25. The van der Waals surface area contributed by atoms with Crippen LogP contribution in [-0.4, -0.2) is 12.0 Å². The molecule has 2 nitrogen and oxygen atoms in total. The van der Waals surface area contributed by atoms with Crippen LogP contribution in [0.1, 0.15) is 25.3 Å². The summed E-state index contributed by atoms with van der Waals surface area (Å²) in [6.07, 6.45) is -1.12. The number of hydroxylamine groups is 1. The molecular weight excluding hydrogens is 243 g/mol. The summed E-state index contributed by atoms with van der Waals surface area (Å²) in [5.74, 6) is -3.53. The molecule has 1 aliphatic heterocycles. The molecule has 18 heavy (non-hydrogen) atoms. The van der Waals surface area contributed by atoms with E-state index in [1.54, 1.807) is 25.1 Å². The number of hydrogen-bond donors (Lipinski definition) is 1. The van der Waals surface area contributed by atoms with Crippen LogP contribution in [0.25, 0.3) is 0 Å². The number of nitrogens with one attached hydrogen (secondary N) is 1. The number of rotatable bonds is 1. The number of hydrogen-bond acceptors (Lipinski definition) is 2. The maximum atomic E-state index is 13.9. The van der Waals surface area contributed by atoms with Gasteiger partial charge in [-0.2, -0.15) is 5.48 Å². The first-order valence-corrected chi connectivity index (χ1v) is 5.98. The number of fused-ring (bicyclic) bond motifs is 1. The van der Waals surface area contributed by atoms with Gasteiger partial charge < -0.3 is 0 Å². The molecule has 1 aromatic carbocycles. The van der Waals surface area contributed by atoms with Gasteiger partial charge in [0, 0.05) is 24.3 Å². The highest BCUT2D eigenvalue weighted by atomic mass is 19.3. The molecule has 0 aromatic heterocycles. The predicted octanol–water partition coefficient (Wildman–Crippen LogP) is 2.99. The van der Waals surface area contributed by atoms with Crippen LogP contribution in [0.15, 0.2) is 24.3 Å². The smallest absolute Gasteiger partial charge is 0.251 e. The Labute approximate surface area is 103 Å². The largest absolute Gasteiger partial charge is 0.297 e. The standard InChI is InChI=1S/C13H14F3NO/c1-12(8-4-2-3-5-10(8)14)9-6-13(15,16)7-11(9)18-17-12/h2-5,9,11,17H,6-7H2,1H3. The van der Waals surface area contributed by atoms with Crippen molar-refractivity contribution < 1.29 is 18.0 Å². The zero-order chi connectivity index (χ0) is 13.0. The minimum atomic E-state index is -2.72. The zero-order valence-corrected chi connectivity index (χ0v) is 9.92. The third kappa shape index (κ3) is 1.65. The van der Waals surface area contributed by atoms with Crippen molar-refractivity contribution in [1.82, 2.24) is 5.48 Å². The molecule has 3 atom stereocenters. The van der Waals surface area contributed by atoms with Crippen LogP contribution in [0, 0.1) is 11.7 Å². The lowest BCUT2D eigenvalue weighted by Crippen LogP contribution is -2.40. The van der Waals surface area contributed by atoms with Gasteiger partial charge in [0.2, 0.25) is 0 Å². The second-order valence-electron chi connectivity index (χ2n) is 5.31. The summed E-state index contributed by atoms with van der Waals surface area (Å²) >= 11 is 0. The Morgan fingerprint density at radius 2 is 2.00 bits per heavy atom. The summed E-state index contributed by atoms with van der Waals surface area (Å²) < 4.78 is 40.7. The quantitative estimate of drug-likeness (QED) is 0.835. The van der Waals surface area contributed by atoms with Gasteiger partial charge in [0.25, 0.3) is 5.92 Å². The van der Waals surface area contributed by atoms with Gasteiger partial charge in [-0.15, -0.1) is 0 Å². The van der Waals surface area contributed by atoms with E-state index < -0.39 is 29.3 Å². The summed E-state index contributed by atoms with van der Waals surface area (Å²) in [5, 5.41) is 0. The van der Waals surface area contributed by atoms with E-state index in [2.05, 4.69) is 5.48 Å². The van der Waals surface area contributed by atoms with Crippen LogP contribution >= 0.6 is 0 Å². The van der Waals surface area contributed by atoms with E-state index in [-0.39, 0.29) is 12.8 Å². The van der Waals surface area contributed by atoms with Crippen molar-refractivity contribution >= 4 is 0 Å². The van der Waals surface area contributed by atoms with Crippen molar-refractivity contribution in [3.8, 4) is 0 Å². The first-order valence-electron chi connectivity index (χ1n) is 5.98. The van der Waals surface area contributed by atoms with E-state index >= 15 is 0 Å². The first kappa shape index (κ1) is 12.0. The molecule has 2 aliphatic rings. The van der Waals surface area contributed by atoms with Crippen molar-refractivity contribution in [1.29, 1.82) is 0 Å². The Balaban J connectivity index is 1.99. The molecule has 1 aromatic rings. The fourth-order valence-electron chi connectivity index (χ4n) is 3.08. The van der Waals surface area contributed by atoms with Crippen LogP contribution in [0.5, 0.6) is 0 Å². The molecule has 3 unspecified atom stereocenters. The van der Waals surface area contributed by atoms with Gasteiger partial charge in [0.15, 0.2) is 0 Å². The Bertz CT molecular complexity index is 479. The molecule has 1 saturated carbocycles. The highest BCUT2D eigenvalue weighted by molar-refractivity contribution is 5.28. The zero-order valence-electron chi connectivity index (χ0n) is 9.92. The van der Waals surface area contributed by atoms with Crippen LogP contribution in [0.4, 0.5) is 13.2 Å². The molecular formula is C13H14F3NO. The van der Waals surface area contributed by atoms with Crippen molar-refractivity contribution in [2.45, 2.75) is 37.3 Å². The summed E-state index contributed by atoms with van der Waals surface area (Å²) in [6.45, 7) is 1.72. The highest BCUT2D eigenvalue weighted by Gasteiger charge is 2.59. The second-order valence-corrected chi connectivity index (χ2v) is 5.31. The van der Waals surface area contributed by atoms with Crippen LogP contribution < -0.4 is 5.48 Å². The maximum absolute atomic E-state index is 13.9. The van der Waals surface area contributed by atoms with Crippen LogP contribution in [0.3, 0.4) is 0 Å². The highest BCUT2D eigenvalue weighted by Crippen LogP contribution is 2.51. The number of halogens is 3. The molecule has 98 valence electrons. The average Bonchev–Trinajstić information content (AvgIpc) is 2.76. The Kier molecular flexibility index (Phi) is 2.47. The summed E-state index contributed by atoms with van der Waals surface area (Å²) in [6, 6.07) is 6.23. The van der Waals surface area contributed by atoms with E-state index in [4.69, 9.17) is 4.84 Å². The van der Waals surface area contributed by atoms with Gasteiger partial charge in [0.1, 0.15) is 5.82 Å². The number of alkyl halides is 2. The van der Waals surface area contributed by atoms with Gasteiger partial charge in [-0.1, -0.05) is 18.2 Å². The van der Waals surface area contributed by atoms with E-state index in [0.717, 1.165) is 0 Å². The van der Waals surface area contributed by atoms with Gasteiger partial charge >= 0.3 is 0 Å². The SMILES string of the molecule is CC1(c2ccccc2F)NOC2CC(F)(F)CC21. The lowest BCUT2D eigenvalue weighted by molar-refractivity contribution is -0.0509. The normalized spacial score (nSPS) is 37.8. The summed E-state index contributed by atoms with van der Waals surface area (Å²) in [7, 11) is 0. The van der Waals surface area contributed by atoms with Crippen molar-refractivity contribution in [3.63, 3.8) is 0 Å². The second kappa shape index (κ2) is 3.71.